The molecule has 1 aromatic heterocycles. The molecule has 140 valence electrons. The zero-order chi connectivity index (χ0) is 19.4. The molecule has 3 aromatic rings. The van der Waals surface area contributed by atoms with Gasteiger partial charge in [-0.3, -0.25) is 4.79 Å². The third-order valence-corrected chi connectivity index (χ3v) is 4.07. The molecule has 5 nitrogen and oxygen atoms in total. The summed E-state index contributed by atoms with van der Waals surface area (Å²) in [7, 11) is 0. The fourth-order valence-corrected chi connectivity index (χ4v) is 2.72. The van der Waals surface area contributed by atoms with Crippen LogP contribution in [-0.4, -0.2) is 17.7 Å². The van der Waals surface area contributed by atoms with E-state index in [2.05, 4.69) is 26.4 Å². The second kappa shape index (κ2) is 8.36. The molecule has 27 heavy (non-hydrogen) atoms. The zero-order valence-electron chi connectivity index (χ0n) is 13.6. The van der Waals surface area contributed by atoms with Gasteiger partial charge in [0.1, 0.15) is 23.9 Å². The van der Waals surface area contributed by atoms with E-state index in [0.717, 1.165) is 6.07 Å². The van der Waals surface area contributed by atoms with Crippen molar-refractivity contribution in [3.63, 3.8) is 0 Å². The molecule has 0 spiro atoms. The summed E-state index contributed by atoms with van der Waals surface area (Å²) in [5, 5.41) is 6.10. The van der Waals surface area contributed by atoms with Crippen LogP contribution in [0.5, 0.6) is 0 Å². The molecule has 0 radical (unpaired) electrons. The highest BCUT2D eigenvalue weighted by atomic mass is 79.9. The third kappa shape index (κ3) is 4.95. The first-order chi connectivity index (χ1) is 12.9. The summed E-state index contributed by atoms with van der Waals surface area (Å²) >= 11 is 2.98. The SMILES string of the molecule is O=C(COCc1cc(-c2ccc(F)cc2)on1)Nc1c(F)cc(F)cc1Br. The van der Waals surface area contributed by atoms with Crippen molar-refractivity contribution >= 4 is 27.5 Å². The summed E-state index contributed by atoms with van der Waals surface area (Å²) in [6.07, 6.45) is 0. The highest BCUT2D eigenvalue weighted by Crippen LogP contribution is 2.26. The molecule has 9 heteroatoms. The number of nitrogens with zero attached hydrogens (tertiary/aromatic N) is 1. The van der Waals surface area contributed by atoms with Gasteiger partial charge in [-0.25, -0.2) is 13.2 Å². The summed E-state index contributed by atoms with van der Waals surface area (Å²) in [4.78, 5) is 11.9. The first-order valence-corrected chi connectivity index (χ1v) is 8.45. The van der Waals surface area contributed by atoms with Crippen LogP contribution in [0.3, 0.4) is 0 Å². The monoisotopic (exact) mass is 440 g/mol. The summed E-state index contributed by atoms with van der Waals surface area (Å²) in [6, 6.07) is 8.98. The molecule has 1 N–H and O–H groups in total. The Morgan fingerprint density at radius 3 is 2.56 bits per heavy atom. The minimum absolute atomic E-state index is 0.0226. The van der Waals surface area contributed by atoms with E-state index in [1.54, 1.807) is 18.2 Å². The Morgan fingerprint density at radius 1 is 1.11 bits per heavy atom. The molecule has 1 amide bonds. The second-order valence-corrected chi connectivity index (χ2v) is 6.33. The highest BCUT2D eigenvalue weighted by Gasteiger charge is 2.13. The lowest BCUT2D eigenvalue weighted by Crippen LogP contribution is -2.19. The molecule has 0 saturated heterocycles. The molecule has 0 fully saturated rings. The molecule has 0 bridgehead atoms. The van der Waals surface area contributed by atoms with Crippen molar-refractivity contribution in [3.05, 3.63) is 70.1 Å². The van der Waals surface area contributed by atoms with Gasteiger partial charge in [-0.1, -0.05) is 5.16 Å². The summed E-state index contributed by atoms with van der Waals surface area (Å²) in [6.45, 7) is -0.396. The first kappa shape index (κ1) is 19.1. The molecule has 0 aliphatic carbocycles. The lowest BCUT2D eigenvalue weighted by atomic mass is 10.1. The Bertz CT molecular complexity index is 938. The van der Waals surface area contributed by atoms with Crippen molar-refractivity contribution in [3.8, 4) is 11.3 Å². The summed E-state index contributed by atoms with van der Waals surface area (Å²) < 4.78 is 50.1. The van der Waals surface area contributed by atoms with E-state index in [0.29, 0.717) is 23.1 Å². The predicted molar refractivity (Wildman–Crippen MR) is 94.2 cm³/mol. The Labute approximate surface area is 160 Å². The smallest absolute Gasteiger partial charge is 0.250 e. The van der Waals surface area contributed by atoms with Crippen molar-refractivity contribution < 1.29 is 27.2 Å². The van der Waals surface area contributed by atoms with E-state index in [1.165, 1.54) is 12.1 Å². The van der Waals surface area contributed by atoms with Crippen LogP contribution in [0.15, 0.2) is 51.5 Å². The number of ether oxygens (including phenoxy) is 1. The van der Waals surface area contributed by atoms with Gasteiger partial charge in [0.25, 0.3) is 0 Å². The van der Waals surface area contributed by atoms with Crippen LogP contribution in [0.25, 0.3) is 11.3 Å². The normalized spacial score (nSPS) is 10.8. The number of hydrogen-bond donors (Lipinski definition) is 1. The van der Waals surface area contributed by atoms with Crippen molar-refractivity contribution in [1.29, 1.82) is 0 Å². The molecule has 0 aliphatic rings. The quantitative estimate of drug-likeness (QED) is 0.604. The van der Waals surface area contributed by atoms with Crippen LogP contribution >= 0.6 is 15.9 Å². The Morgan fingerprint density at radius 2 is 1.85 bits per heavy atom. The zero-order valence-corrected chi connectivity index (χ0v) is 15.2. The number of amides is 1. The van der Waals surface area contributed by atoms with Crippen molar-refractivity contribution in [1.82, 2.24) is 5.16 Å². The van der Waals surface area contributed by atoms with Crippen LogP contribution in [-0.2, 0) is 16.1 Å². The van der Waals surface area contributed by atoms with Gasteiger partial charge in [0.05, 0.1) is 12.3 Å². The molecule has 0 atom stereocenters. The maximum absolute atomic E-state index is 13.7. The van der Waals surface area contributed by atoms with E-state index < -0.39 is 17.5 Å². The van der Waals surface area contributed by atoms with E-state index >= 15 is 0 Å². The Hall–Kier alpha value is -2.65. The van der Waals surface area contributed by atoms with Gasteiger partial charge in [-0.05, 0) is 46.3 Å². The van der Waals surface area contributed by atoms with Crippen molar-refractivity contribution in [2.24, 2.45) is 0 Å². The number of hydrogen-bond acceptors (Lipinski definition) is 4. The van der Waals surface area contributed by atoms with Gasteiger partial charge in [-0.15, -0.1) is 0 Å². The van der Waals surface area contributed by atoms with Gasteiger partial charge in [-0.2, -0.15) is 0 Å². The Balaban J connectivity index is 1.53. The largest absolute Gasteiger partial charge is 0.365 e. The third-order valence-electron chi connectivity index (χ3n) is 3.44. The van der Waals surface area contributed by atoms with E-state index in [1.807, 2.05) is 0 Å². The van der Waals surface area contributed by atoms with Crippen LogP contribution < -0.4 is 5.32 Å². The van der Waals surface area contributed by atoms with Gasteiger partial charge in [0, 0.05) is 22.2 Å². The predicted octanol–water partition coefficient (Wildman–Crippen LogP) is 4.68. The van der Waals surface area contributed by atoms with E-state index in [9.17, 15) is 18.0 Å². The van der Waals surface area contributed by atoms with Gasteiger partial charge in [0.2, 0.25) is 5.91 Å². The molecule has 0 unspecified atom stereocenters. The van der Waals surface area contributed by atoms with Crippen LogP contribution in [0, 0.1) is 17.5 Å². The summed E-state index contributed by atoms with van der Waals surface area (Å²) in [5.74, 6) is -2.23. The lowest BCUT2D eigenvalue weighted by Gasteiger charge is -2.08. The fraction of sp³-hybridized carbons (Fsp3) is 0.111. The van der Waals surface area contributed by atoms with E-state index in [-0.39, 0.29) is 29.2 Å². The lowest BCUT2D eigenvalue weighted by molar-refractivity contribution is -0.121. The number of aromatic nitrogens is 1. The number of carbonyl (C=O) groups excluding carboxylic acids is 1. The minimum atomic E-state index is -0.907. The molecule has 0 aliphatic heterocycles. The topological polar surface area (TPSA) is 64.4 Å². The molecule has 2 aromatic carbocycles. The highest BCUT2D eigenvalue weighted by molar-refractivity contribution is 9.10. The number of nitrogens with one attached hydrogen (secondary N) is 1. The van der Waals surface area contributed by atoms with Gasteiger partial charge >= 0.3 is 0 Å². The number of anilines is 1. The molecule has 1 heterocycles. The standard InChI is InChI=1S/C18H12BrF3N2O3/c19-14-5-12(21)6-15(22)18(14)23-17(25)9-26-8-13-7-16(27-24-13)10-1-3-11(20)4-2-10/h1-7H,8-9H2,(H,23,25). The van der Waals surface area contributed by atoms with E-state index in [4.69, 9.17) is 9.26 Å². The molecule has 0 saturated carbocycles. The average molecular weight is 441 g/mol. The minimum Gasteiger partial charge on any atom is -0.365 e. The van der Waals surface area contributed by atoms with Crippen LogP contribution in [0.4, 0.5) is 18.9 Å². The van der Waals surface area contributed by atoms with Crippen molar-refractivity contribution in [2.75, 3.05) is 11.9 Å². The summed E-state index contributed by atoms with van der Waals surface area (Å²) in [5.41, 5.74) is 0.894. The molecular weight excluding hydrogens is 429 g/mol. The Kier molecular flexibility index (Phi) is 5.92. The van der Waals surface area contributed by atoms with Crippen LogP contribution in [0.1, 0.15) is 5.69 Å². The number of benzene rings is 2. The second-order valence-electron chi connectivity index (χ2n) is 5.47. The van der Waals surface area contributed by atoms with Crippen molar-refractivity contribution in [2.45, 2.75) is 6.61 Å². The maximum atomic E-state index is 13.7. The van der Waals surface area contributed by atoms with Gasteiger partial charge < -0.3 is 14.6 Å². The first-order valence-electron chi connectivity index (χ1n) is 7.66. The molecular formula is C18H12BrF3N2O3. The maximum Gasteiger partial charge on any atom is 0.250 e. The number of halogens is 4. The molecule has 3 rings (SSSR count). The fourth-order valence-electron chi connectivity index (χ4n) is 2.22. The average Bonchev–Trinajstić information content (AvgIpc) is 3.07. The van der Waals surface area contributed by atoms with Gasteiger partial charge in [0.15, 0.2) is 11.6 Å². The number of rotatable bonds is 6. The number of carbonyl (C=O) groups is 1. The van der Waals surface area contributed by atoms with Crippen LogP contribution in [0.2, 0.25) is 0 Å².